The Morgan fingerprint density at radius 1 is 1.67 bits per heavy atom. The average Bonchev–Trinajstić information content (AvgIpc) is 1.63. The van der Waals surface area contributed by atoms with Gasteiger partial charge in [-0.1, -0.05) is 13.8 Å². The van der Waals surface area contributed by atoms with E-state index in [9.17, 15) is 14.9 Å². The normalized spacial score (nSPS) is 9.67. The third-order valence-electron chi connectivity index (χ3n) is 0.929. The molecule has 0 aromatic heterocycles. The van der Waals surface area contributed by atoms with Crippen LogP contribution in [0.4, 0.5) is 0 Å². The summed E-state index contributed by atoms with van der Waals surface area (Å²) < 4.78 is 0. The first-order valence-corrected chi connectivity index (χ1v) is 2.68. The predicted molar refractivity (Wildman–Crippen MR) is 31.7 cm³/mol. The van der Waals surface area contributed by atoms with Gasteiger partial charge in [0.25, 0.3) is 6.54 Å². The minimum atomic E-state index is -0.609. The van der Waals surface area contributed by atoms with E-state index in [0.717, 1.165) is 0 Å². The Balaban J connectivity index is 3.64. The fourth-order valence-corrected chi connectivity index (χ4v) is 0.310. The fourth-order valence-electron chi connectivity index (χ4n) is 0.310. The van der Waals surface area contributed by atoms with E-state index in [0.29, 0.717) is 0 Å². The molecule has 0 unspecified atom stereocenters. The highest BCUT2D eigenvalue weighted by atomic mass is 16.6. The molecule has 0 rings (SSSR count). The van der Waals surface area contributed by atoms with Crippen LogP contribution in [0, 0.1) is 16.0 Å². The Labute approximate surface area is 53.0 Å². The number of carbonyl (C=O) groups is 1. The number of carbonyl (C=O) groups excluding carboxylic acids is 1. The topological polar surface area (TPSA) is 60.2 Å². The van der Waals surface area contributed by atoms with Gasteiger partial charge in [-0.25, -0.2) is 0 Å². The van der Waals surface area contributed by atoms with Gasteiger partial charge >= 0.3 is 0 Å². The van der Waals surface area contributed by atoms with E-state index in [1.807, 2.05) is 0 Å². The Morgan fingerprint density at radius 2 is 2.11 bits per heavy atom. The quantitative estimate of drug-likeness (QED) is 0.413. The van der Waals surface area contributed by atoms with Crippen LogP contribution in [0.15, 0.2) is 0 Å². The van der Waals surface area contributed by atoms with Gasteiger partial charge in [0.2, 0.25) is 5.78 Å². The number of rotatable bonds is 3. The molecule has 0 aromatic carbocycles. The Kier molecular flexibility index (Phi) is 2.84. The van der Waals surface area contributed by atoms with E-state index < -0.39 is 11.5 Å². The van der Waals surface area contributed by atoms with Gasteiger partial charge < -0.3 is 0 Å². The van der Waals surface area contributed by atoms with Crippen molar-refractivity contribution in [1.29, 1.82) is 0 Å². The van der Waals surface area contributed by atoms with Crippen molar-refractivity contribution in [2.75, 3.05) is 6.54 Å². The summed E-state index contributed by atoms with van der Waals surface area (Å²) in [7, 11) is 0. The Bertz CT molecular complexity index is 130. The number of ketones is 1. The van der Waals surface area contributed by atoms with Gasteiger partial charge in [0.15, 0.2) is 0 Å². The maximum absolute atomic E-state index is 10.5. The smallest absolute Gasteiger partial charge is 0.261 e. The van der Waals surface area contributed by atoms with Gasteiger partial charge in [-0.15, -0.1) is 0 Å². The van der Waals surface area contributed by atoms with Crippen LogP contribution in [0.2, 0.25) is 0 Å². The van der Waals surface area contributed by atoms with Crippen LogP contribution in [0.1, 0.15) is 13.8 Å². The number of nitro groups is 1. The van der Waals surface area contributed by atoms with Crippen LogP contribution in [0.3, 0.4) is 0 Å². The number of hydrogen-bond donors (Lipinski definition) is 0. The summed E-state index contributed by atoms with van der Waals surface area (Å²) in [5.74, 6) is -0.546. The molecule has 9 heavy (non-hydrogen) atoms. The second kappa shape index (κ2) is 3.17. The number of Topliss-reactive ketones (excluding diaryl/α,β-unsaturated/α-hetero) is 1. The second-order valence-corrected chi connectivity index (χ2v) is 2.11. The van der Waals surface area contributed by atoms with Crippen molar-refractivity contribution < 1.29 is 9.72 Å². The lowest BCUT2D eigenvalue weighted by Crippen LogP contribution is -2.18. The van der Waals surface area contributed by atoms with Gasteiger partial charge in [0.05, 0.1) is 0 Å². The zero-order chi connectivity index (χ0) is 7.44. The molecule has 0 fully saturated rings. The number of nitrogens with zero attached hydrogens (tertiary/aromatic N) is 1. The van der Waals surface area contributed by atoms with Crippen LogP contribution in [-0.4, -0.2) is 17.3 Å². The molecule has 0 amide bonds. The molecule has 0 aliphatic rings. The standard InChI is InChI=1S/C5H9NO3/c1-4(2)5(7)3-6(8)9/h4H,3H2,1-2H3. The molecular formula is C5H9NO3. The van der Waals surface area contributed by atoms with Crippen LogP contribution in [0.5, 0.6) is 0 Å². The largest absolute Gasteiger partial charge is 0.292 e. The van der Waals surface area contributed by atoms with Crippen molar-refractivity contribution in [1.82, 2.24) is 0 Å². The van der Waals surface area contributed by atoms with Crippen LogP contribution >= 0.6 is 0 Å². The second-order valence-electron chi connectivity index (χ2n) is 2.11. The minimum Gasteiger partial charge on any atom is -0.292 e. The summed E-state index contributed by atoms with van der Waals surface area (Å²) in [5, 5.41) is 9.70. The summed E-state index contributed by atoms with van der Waals surface area (Å²) >= 11 is 0. The lowest BCUT2D eigenvalue weighted by molar-refractivity contribution is -0.467. The van der Waals surface area contributed by atoms with Gasteiger partial charge in [-0.3, -0.25) is 14.9 Å². The lowest BCUT2D eigenvalue weighted by Gasteiger charge is -1.95. The van der Waals surface area contributed by atoms with Crippen LogP contribution < -0.4 is 0 Å². The van der Waals surface area contributed by atoms with E-state index in [2.05, 4.69) is 0 Å². The maximum Gasteiger partial charge on any atom is 0.261 e. The first-order chi connectivity index (χ1) is 4.04. The van der Waals surface area contributed by atoms with Crippen molar-refractivity contribution >= 4 is 5.78 Å². The monoisotopic (exact) mass is 131 g/mol. The van der Waals surface area contributed by atoms with Gasteiger partial charge in [0.1, 0.15) is 0 Å². The summed E-state index contributed by atoms with van der Waals surface area (Å²) in [4.78, 5) is 19.6. The molecular weight excluding hydrogens is 122 g/mol. The summed E-state index contributed by atoms with van der Waals surface area (Å²) in [5.41, 5.74) is 0. The van der Waals surface area contributed by atoms with Crippen molar-refractivity contribution in [2.24, 2.45) is 5.92 Å². The van der Waals surface area contributed by atoms with E-state index in [-0.39, 0.29) is 11.7 Å². The first-order valence-electron chi connectivity index (χ1n) is 2.68. The summed E-state index contributed by atoms with van der Waals surface area (Å²) in [6.07, 6.45) is 0. The van der Waals surface area contributed by atoms with Crippen molar-refractivity contribution in [2.45, 2.75) is 13.8 Å². The van der Waals surface area contributed by atoms with Gasteiger partial charge in [-0.05, 0) is 0 Å². The highest BCUT2D eigenvalue weighted by Crippen LogP contribution is 1.92. The molecule has 4 heteroatoms. The minimum absolute atomic E-state index is 0.226. The zero-order valence-corrected chi connectivity index (χ0v) is 5.46. The average molecular weight is 131 g/mol. The van der Waals surface area contributed by atoms with E-state index in [1.54, 1.807) is 13.8 Å². The van der Waals surface area contributed by atoms with E-state index in [4.69, 9.17) is 0 Å². The van der Waals surface area contributed by atoms with E-state index in [1.165, 1.54) is 0 Å². The maximum atomic E-state index is 10.5. The molecule has 4 nitrogen and oxygen atoms in total. The molecule has 0 heterocycles. The molecule has 0 aromatic rings. The highest BCUT2D eigenvalue weighted by molar-refractivity contribution is 5.81. The first kappa shape index (κ1) is 8.07. The summed E-state index contributed by atoms with van der Waals surface area (Å²) in [6, 6.07) is 0. The zero-order valence-electron chi connectivity index (χ0n) is 5.46. The molecule has 0 radical (unpaired) electrons. The molecule has 52 valence electrons. The summed E-state index contributed by atoms with van der Waals surface area (Å²) in [6.45, 7) is 2.75. The van der Waals surface area contributed by atoms with Crippen molar-refractivity contribution in [3.05, 3.63) is 10.1 Å². The Morgan fingerprint density at radius 3 is 2.22 bits per heavy atom. The fraction of sp³-hybridized carbons (Fsp3) is 0.800. The molecule has 0 saturated carbocycles. The molecule has 0 bridgehead atoms. The third-order valence-corrected chi connectivity index (χ3v) is 0.929. The van der Waals surface area contributed by atoms with Crippen molar-refractivity contribution in [3.63, 3.8) is 0 Å². The predicted octanol–water partition coefficient (Wildman–Crippen LogP) is 0.488. The number of hydrogen-bond acceptors (Lipinski definition) is 3. The van der Waals surface area contributed by atoms with Gasteiger partial charge in [0, 0.05) is 10.8 Å². The van der Waals surface area contributed by atoms with E-state index >= 15 is 0 Å². The molecule has 0 atom stereocenters. The SMILES string of the molecule is CC(C)C(=O)C[N+](=O)[O-]. The lowest BCUT2D eigenvalue weighted by atomic mass is 10.1. The highest BCUT2D eigenvalue weighted by Gasteiger charge is 2.12. The van der Waals surface area contributed by atoms with Crippen LogP contribution in [0.25, 0.3) is 0 Å². The van der Waals surface area contributed by atoms with Crippen LogP contribution in [-0.2, 0) is 4.79 Å². The third kappa shape index (κ3) is 3.64. The molecule has 0 spiro atoms. The van der Waals surface area contributed by atoms with Gasteiger partial charge in [-0.2, -0.15) is 0 Å². The molecule has 0 aliphatic heterocycles. The molecule has 0 aliphatic carbocycles. The molecule has 0 N–H and O–H groups in total. The Hall–Kier alpha value is -0.930. The molecule has 0 saturated heterocycles. The van der Waals surface area contributed by atoms with Crippen molar-refractivity contribution in [3.8, 4) is 0 Å².